The van der Waals surface area contributed by atoms with E-state index in [1.54, 1.807) is 18.2 Å². The number of nitrogens with one attached hydrogen (secondary N) is 2. The number of carbonyl (C=O) groups excluding carboxylic acids is 2. The van der Waals surface area contributed by atoms with E-state index in [1.807, 2.05) is 0 Å². The summed E-state index contributed by atoms with van der Waals surface area (Å²) in [5.74, 6) is 0.355. The monoisotopic (exact) mass is 867 g/mol. The van der Waals surface area contributed by atoms with Gasteiger partial charge in [0.1, 0.15) is 5.75 Å². The normalized spacial score (nSPS) is 11.3. The molecular formula is C57H106N2O3. The van der Waals surface area contributed by atoms with Crippen molar-refractivity contribution in [2.24, 2.45) is 0 Å². The first-order valence-electron chi connectivity index (χ1n) is 28.0. The molecule has 0 aliphatic heterocycles. The number of hydrogen-bond acceptors (Lipinski definition) is 3. The van der Waals surface area contributed by atoms with E-state index in [-0.39, 0.29) is 11.8 Å². The van der Waals surface area contributed by atoms with Crippen molar-refractivity contribution in [3.8, 4) is 5.75 Å². The van der Waals surface area contributed by atoms with Crippen molar-refractivity contribution in [1.29, 1.82) is 0 Å². The first-order chi connectivity index (χ1) is 30.6. The zero-order chi connectivity index (χ0) is 44.7. The Balaban J connectivity index is 2.26. The second kappa shape index (κ2) is 46.9. The fourth-order valence-corrected chi connectivity index (χ4v) is 8.87. The Morgan fingerprint density at radius 1 is 0.355 bits per heavy atom. The zero-order valence-electron chi connectivity index (χ0n) is 42.0. The number of ether oxygens (including phenoxy) is 1. The predicted octanol–water partition coefficient (Wildman–Crippen LogP) is 18.4. The third kappa shape index (κ3) is 37.3. The molecule has 0 fully saturated rings. The second-order valence-corrected chi connectivity index (χ2v) is 19.2. The maximum absolute atomic E-state index is 13.3. The van der Waals surface area contributed by atoms with Crippen LogP contribution in [0, 0.1) is 0 Å². The van der Waals surface area contributed by atoms with Crippen LogP contribution in [0.1, 0.15) is 318 Å². The Morgan fingerprint density at radius 2 is 0.629 bits per heavy atom. The summed E-state index contributed by atoms with van der Waals surface area (Å²) in [7, 11) is 0. The van der Waals surface area contributed by atoms with Crippen molar-refractivity contribution < 1.29 is 14.3 Å². The molecule has 62 heavy (non-hydrogen) atoms. The Labute approximate surface area is 387 Å². The lowest BCUT2D eigenvalue weighted by Crippen LogP contribution is -2.26. The van der Waals surface area contributed by atoms with Crippen molar-refractivity contribution in [3.63, 3.8) is 0 Å². The summed E-state index contributed by atoms with van der Waals surface area (Å²) in [6.07, 6.45) is 57.3. The minimum absolute atomic E-state index is 0.0801. The minimum Gasteiger partial charge on any atom is -0.493 e. The Hall–Kier alpha value is -2.04. The van der Waals surface area contributed by atoms with Gasteiger partial charge in [0.2, 0.25) is 0 Å². The first kappa shape index (κ1) is 58.0. The summed E-state index contributed by atoms with van der Waals surface area (Å²) in [6.45, 7) is 8.77. The predicted molar refractivity (Wildman–Crippen MR) is 272 cm³/mol. The van der Waals surface area contributed by atoms with E-state index < -0.39 is 0 Å². The van der Waals surface area contributed by atoms with Gasteiger partial charge in [-0.2, -0.15) is 0 Å². The van der Waals surface area contributed by atoms with Gasteiger partial charge in [-0.15, -0.1) is 0 Å². The number of benzene rings is 1. The van der Waals surface area contributed by atoms with Crippen molar-refractivity contribution in [2.75, 3.05) is 19.7 Å². The highest BCUT2D eigenvalue weighted by atomic mass is 16.5. The van der Waals surface area contributed by atoms with Gasteiger partial charge >= 0.3 is 0 Å². The van der Waals surface area contributed by atoms with Crippen LogP contribution >= 0.6 is 0 Å². The van der Waals surface area contributed by atoms with Gasteiger partial charge in [-0.1, -0.05) is 278 Å². The number of amides is 2. The van der Waals surface area contributed by atoms with Gasteiger partial charge in [0, 0.05) is 18.7 Å². The van der Waals surface area contributed by atoms with E-state index in [0.717, 1.165) is 38.5 Å². The average molecular weight is 867 g/mol. The third-order valence-electron chi connectivity index (χ3n) is 13.1. The summed E-state index contributed by atoms with van der Waals surface area (Å²) in [4.78, 5) is 26.5. The standard InChI is InChI=1S/C57H106N2O3/c1-4-7-10-13-16-18-20-22-24-26-28-30-32-34-36-38-41-44-49-58-56(60)53-47-48-54(55(52-53)62-51-46-43-40-15-12-9-6-3)57(61)59-50-45-42-39-37-35-33-31-29-27-25-23-21-19-17-14-11-8-5-2/h47-48,52H,4-46,49-51H2,1-3H3,(H,58,60)(H,59,61). The highest BCUT2D eigenvalue weighted by Crippen LogP contribution is 2.23. The molecule has 0 bridgehead atoms. The maximum atomic E-state index is 13.3. The molecule has 0 heterocycles. The van der Waals surface area contributed by atoms with Crippen molar-refractivity contribution in [1.82, 2.24) is 10.6 Å². The van der Waals surface area contributed by atoms with Gasteiger partial charge in [0.25, 0.3) is 11.8 Å². The van der Waals surface area contributed by atoms with E-state index in [2.05, 4.69) is 31.4 Å². The quantitative estimate of drug-likeness (QED) is 0.0641. The highest BCUT2D eigenvalue weighted by Gasteiger charge is 2.16. The van der Waals surface area contributed by atoms with E-state index >= 15 is 0 Å². The maximum Gasteiger partial charge on any atom is 0.255 e. The largest absolute Gasteiger partial charge is 0.493 e. The summed E-state index contributed by atoms with van der Waals surface area (Å²) in [5, 5.41) is 6.27. The molecule has 0 aliphatic rings. The molecule has 2 N–H and O–H groups in total. The molecule has 5 nitrogen and oxygen atoms in total. The molecule has 5 heteroatoms. The molecule has 1 aromatic carbocycles. The van der Waals surface area contributed by atoms with Crippen LogP contribution in [0.25, 0.3) is 0 Å². The molecule has 1 rings (SSSR count). The smallest absolute Gasteiger partial charge is 0.255 e. The molecule has 0 saturated heterocycles. The molecule has 0 spiro atoms. The van der Waals surface area contributed by atoms with Crippen molar-refractivity contribution >= 4 is 11.8 Å². The van der Waals surface area contributed by atoms with E-state index in [0.29, 0.717) is 36.6 Å². The van der Waals surface area contributed by atoms with Crippen molar-refractivity contribution in [2.45, 2.75) is 297 Å². The highest BCUT2D eigenvalue weighted by molar-refractivity contribution is 6.00. The van der Waals surface area contributed by atoms with Gasteiger partial charge in [-0.05, 0) is 37.5 Å². The van der Waals surface area contributed by atoms with Gasteiger partial charge in [-0.3, -0.25) is 9.59 Å². The van der Waals surface area contributed by atoms with Crippen LogP contribution in [0.15, 0.2) is 18.2 Å². The Bertz CT molecular complexity index is 1110. The summed E-state index contributed by atoms with van der Waals surface area (Å²) in [6, 6.07) is 5.37. The molecule has 362 valence electrons. The zero-order valence-corrected chi connectivity index (χ0v) is 42.0. The fourth-order valence-electron chi connectivity index (χ4n) is 8.87. The Kier molecular flexibility index (Phi) is 43.9. The summed E-state index contributed by atoms with van der Waals surface area (Å²) >= 11 is 0. The van der Waals surface area contributed by atoms with E-state index in [1.165, 1.54) is 238 Å². The molecule has 0 aliphatic carbocycles. The molecule has 0 aromatic heterocycles. The number of hydrogen-bond donors (Lipinski definition) is 2. The molecule has 1 aromatic rings. The van der Waals surface area contributed by atoms with Gasteiger partial charge < -0.3 is 15.4 Å². The van der Waals surface area contributed by atoms with Crippen molar-refractivity contribution in [3.05, 3.63) is 29.3 Å². The van der Waals surface area contributed by atoms with Gasteiger partial charge in [0.05, 0.1) is 12.2 Å². The Morgan fingerprint density at radius 3 is 0.952 bits per heavy atom. The van der Waals surface area contributed by atoms with Gasteiger partial charge in [-0.25, -0.2) is 0 Å². The van der Waals surface area contributed by atoms with Crippen LogP contribution in [0.3, 0.4) is 0 Å². The second-order valence-electron chi connectivity index (χ2n) is 19.2. The topological polar surface area (TPSA) is 67.4 Å². The molecule has 0 saturated carbocycles. The van der Waals surface area contributed by atoms with Crippen LogP contribution in [0.2, 0.25) is 0 Å². The van der Waals surface area contributed by atoms with Crippen LogP contribution in [0.5, 0.6) is 5.75 Å². The lowest BCUT2D eigenvalue weighted by molar-refractivity contribution is 0.0937. The van der Waals surface area contributed by atoms with Crippen LogP contribution < -0.4 is 15.4 Å². The SMILES string of the molecule is CCCCCCCCCCCCCCCCCCCCNC(=O)c1ccc(C(=O)NCCCCCCCCCCCCCCCCCCCC)c(OCCCCCCCCC)c1. The fraction of sp³-hybridized carbons (Fsp3) is 0.860. The molecular weight excluding hydrogens is 761 g/mol. The minimum atomic E-state index is -0.0997. The van der Waals surface area contributed by atoms with E-state index in [9.17, 15) is 9.59 Å². The number of unbranched alkanes of at least 4 members (excludes halogenated alkanes) is 40. The first-order valence-corrected chi connectivity index (χ1v) is 28.0. The average Bonchev–Trinajstić information content (AvgIpc) is 3.28. The molecule has 0 radical (unpaired) electrons. The van der Waals surface area contributed by atoms with E-state index in [4.69, 9.17) is 4.74 Å². The number of rotatable bonds is 49. The van der Waals surface area contributed by atoms with Crippen LogP contribution in [-0.4, -0.2) is 31.5 Å². The van der Waals surface area contributed by atoms with Crippen LogP contribution in [0.4, 0.5) is 0 Å². The third-order valence-corrected chi connectivity index (χ3v) is 13.1. The summed E-state index contributed by atoms with van der Waals surface area (Å²) in [5.41, 5.74) is 1.11. The lowest BCUT2D eigenvalue weighted by Gasteiger charge is -2.14. The number of carbonyl (C=O) groups is 2. The lowest BCUT2D eigenvalue weighted by atomic mass is 10.0. The summed E-state index contributed by atoms with van der Waals surface area (Å²) < 4.78 is 6.22. The molecule has 2 amide bonds. The molecule has 0 unspecified atom stereocenters. The van der Waals surface area contributed by atoms with Crippen LogP contribution in [-0.2, 0) is 0 Å². The van der Waals surface area contributed by atoms with Gasteiger partial charge in [0.15, 0.2) is 0 Å². The molecule has 0 atom stereocenters.